The Bertz CT molecular complexity index is 322. The van der Waals surface area contributed by atoms with Crippen LogP contribution in [0.15, 0.2) is 30.2 Å². The van der Waals surface area contributed by atoms with Crippen LogP contribution in [0.3, 0.4) is 0 Å². The predicted molar refractivity (Wildman–Crippen MR) is 66.7 cm³/mol. The lowest BCUT2D eigenvalue weighted by Gasteiger charge is -2.19. The zero-order valence-corrected chi connectivity index (χ0v) is 10.1. The monoisotopic (exact) mass is 239 g/mol. The van der Waals surface area contributed by atoms with Gasteiger partial charge in [0.05, 0.1) is 0 Å². The summed E-state index contributed by atoms with van der Waals surface area (Å²) in [6.07, 6.45) is 2.78. The van der Waals surface area contributed by atoms with Gasteiger partial charge in [0.15, 0.2) is 0 Å². The quantitative estimate of drug-likeness (QED) is 0.709. The maximum atomic E-state index is 10.4. The van der Waals surface area contributed by atoms with Crippen LogP contribution in [-0.4, -0.2) is 29.1 Å². The molecular formula is C12H17NO2S. The molecule has 0 aromatic carbocycles. The summed E-state index contributed by atoms with van der Waals surface area (Å²) in [4.78, 5) is 13.9. The van der Waals surface area contributed by atoms with Gasteiger partial charge in [-0.25, -0.2) is 0 Å². The lowest BCUT2D eigenvalue weighted by Crippen LogP contribution is -2.24. The van der Waals surface area contributed by atoms with Gasteiger partial charge in [-0.1, -0.05) is 12.1 Å². The molecule has 0 aliphatic heterocycles. The van der Waals surface area contributed by atoms with Crippen LogP contribution in [0.5, 0.6) is 0 Å². The molecule has 16 heavy (non-hydrogen) atoms. The van der Waals surface area contributed by atoms with Gasteiger partial charge in [-0.3, -0.25) is 9.69 Å². The van der Waals surface area contributed by atoms with Crippen LogP contribution in [0, 0.1) is 0 Å². The molecule has 4 heteroatoms. The third-order valence-corrected chi connectivity index (χ3v) is 3.07. The van der Waals surface area contributed by atoms with E-state index in [1.165, 1.54) is 4.88 Å². The molecule has 0 unspecified atom stereocenters. The lowest BCUT2D eigenvalue weighted by molar-refractivity contribution is -0.137. The number of rotatable bonds is 8. The lowest BCUT2D eigenvalue weighted by atomic mass is 10.3. The Morgan fingerprint density at radius 1 is 1.62 bits per heavy atom. The van der Waals surface area contributed by atoms with Gasteiger partial charge in [0.25, 0.3) is 0 Å². The van der Waals surface area contributed by atoms with Crippen molar-refractivity contribution in [2.75, 3.05) is 13.1 Å². The highest BCUT2D eigenvalue weighted by Crippen LogP contribution is 2.12. The second kappa shape index (κ2) is 7.19. The van der Waals surface area contributed by atoms with Gasteiger partial charge in [0.1, 0.15) is 0 Å². The van der Waals surface area contributed by atoms with E-state index in [0.29, 0.717) is 6.42 Å². The Kier molecular flexibility index (Phi) is 5.82. The number of carboxylic acid groups (broad SMARTS) is 1. The standard InChI is InChI=1S/C12H17NO2S/c1-2-7-13(8-3-6-12(14)15)10-11-5-4-9-16-11/h2,4-5,9H,1,3,6-8,10H2,(H,14,15). The smallest absolute Gasteiger partial charge is 0.303 e. The van der Waals surface area contributed by atoms with Gasteiger partial charge in [-0.2, -0.15) is 0 Å². The number of carbonyl (C=O) groups is 1. The molecule has 1 heterocycles. The Balaban J connectivity index is 2.35. The summed E-state index contributed by atoms with van der Waals surface area (Å²) in [5, 5.41) is 10.6. The molecule has 0 atom stereocenters. The molecule has 3 nitrogen and oxygen atoms in total. The minimum absolute atomic E-state index is 0.234. The van der Waals surface area contributed by atoms with Crippen molar-refractivity contribution in [3.8, 4) is 0 Å². The Labute approximate surface area is 100 Å². The fourth-order valence-electron chi connectivity index (χ4n) is 1.49. The Hall–Kier alpha value is -1.13. The van der Waals surface area contributed by atoms with E-state index in [1.807, 2.05) is 12.1 Å². The number of hydrogen-bond donors (Lipinski definition) is 1. The maximum Gasteiger partial charge on any atom is 0.303 e. The van der Waals surface area contributed by atoms with E-state index < -0.39 is 5.97 Å². The van der Waals surface area contributed by atoms with Gasteiger partial charge >= 0.3 is 5.97 Å². The Morgan fingerprint density at radius 2 is 2.44 bits per heavy atom. The largest absolute Gasteiger partial charge is 0.481 e. The molecule has 0 aliphatic carbocycles. The third-order valence-electron chi connectivity index (χ3n) is 2.21. The molecule has 0 bridgehead atoms. The number of aliphatic carboxylic acids is 1. The van der Waals surface area contributed by atoms with Crippen LogP contribution >= 0.6 is 11.3 Å². The van der Waals surface area contributed by atoms with Crippen molar-refractivity contribution >= 4 is 17.3 Å². The highest BCUT2D eigenvalue weighted by atomic mass is 32.1. The van der Waals surface area contributed by atoms with Gasteiger partial charge in [-0.15, -0.1) is 17.9 Å². The first-order valence-electron chi connectivity index (χ1n) is 5.30. The molecule has 88 valence electrons. The van der Waals surface area contributed by atoms with E-state index in [-0.39, 0.29) is 6.42 Å². The number of nitrogens with zero attached hydrogens (tertiary/aromatic N) is 1. The van der Waals surface area contributed by atoms with Gasteiger partial charge in [-0.05, 0) is 24.4 Å². The molecule has 1 aromatic heterocycles. The normalized spacial score (nSPS) is 10.6. The fourth-order valence-corrected chi connectivity index (χ4v) is 2.24. The molecule has 1 N–H and O–H groups in total. The minimum atomic E-state index is -0.727. The molecule has 1 aromatic rings. The summed E-state index contributed by atoms with van der Waals surface area (Å²) in [6.45, 7) is 6.20. The van der Waals surface area contributed by atoms with Crippen molar-refractivity contribution in [1.29, 1.82) is 0 Å². The molecule has 0 fully saturated rings. The maximum absolute atomic E-state index is 10.4. The van der Waals surface area contributed by atoms with Crippen molar-refractivity contribution in [2.24, 2.45) is 0 Å². The SMILES string of the molecule is C=CCN(CCCC(=O)O)Cc1cccs1. The molecule has 0 saturated carbocycles. The van der Waals surface area contributed by atoms with E-state index in [2.05, 4.69) is 22.9 Å². The molecule has 0 spiro atoms. The highest BCUT2D eigenvalue weighted by Gasteiger charge is 2.06. The summed E-state index contributed by atoms with van der Waals surface area (Å²) in [5.41, 5.74) is 0. The van der Waals surface area contributed by atoms with Gasteiger partial charge < -0.3 is 5.11 Å². The number of carboxylic acids is 1. The predicted octanol–water partition coefficient (Wildman–Crippen LogP) is 2.60. The average molecular weight is 239 g/mol. The van der Waals surface area contributed by atoms with E-state index >= 15 is 0 Å². The molecule has 0 radical (unpaired) electrons. The zero-order chi connectivity index (χ0) is 11.8. The molecule has 1 rings (SSSR count). The second-order valence-corrected chi connectivity index (χ2v) is 4.63. The molecule has 0 saturated heterocycles. The van der Waals surface area contributed by atoms with Crippen molar-refractivity contribution in [3.05, 3.63) is 35.0 Å². The summed E-state index contributed by atoms with van der Waals surface area (Å²) in [7, 11) is 0. The van der Waals surface area contributed by atoms with E-state index in [0.717, 1.165) is 19.6 Å². The zero-order valence-electron chi connectivity index (χ0n) is 9.26. The second-order valence-electron chi connectivity index (χ2n) is 3.60. The van der Waals surface area contributed by atoms with E-state index in [1.54, 1.807) is 11.3 Å². The van der Waals surface area contributed by atoms with Gasteiger partial charge in [0, 0.05) is 24.4 Å². The van der Waals surface area contributed by atoms with Crippen molar-refractivity contribution < 1.29 is 9.90 Å². The van der Waals surface area contributed by atoms with E-state index in [9.17, 15) is 4.79 Å². The van der Waals surface area contributed by atoms with Gasteiger partial charge in [0.2, 0.25) is 0 Å². The minimum Gasteiger partial charge on any atom is -0.481 e. The highest BCUT2D eigenvalue weighted by molar-refractivity contribution is 7.09. The van der Waals surface area contributed by atoms with Crippen LogP contribution in [0.4, 0.5) is 0 Å². The van der Waals surface area contributed by atoms with Crippen molar-refractivity contribution in [2.45, 2.75) is 19.4 Å². The fraction of sp³-hybridized carbons (Fsp3) is 0.417. The molecular weight excluding hydrogens is 222 g/mol. The average Bonchev–Trinajstić information content (AvgIpc) is 2.70. The van der Waals surface area contributed by atoms with E-state index in [4.69, 9.17) is 5.11 Å². The van der Waals surface area contributed by atoms with Crippen LogP contribution < -0.4 is 0 Å². The van der Waals surface area contributed by atoms with Crippen molar-refractivity contribution in [3.63, 3.8) is 0 Å². The van der Waals surface area contributed by atoms with Crippen LogP contribution in [0.2, 0.25) is 0 Å². The third kappa shape index (κ3) is 5.09. The topological polar surface area (TPSA) is 40.5 Å². The van der Waals surface area contributed by atoms with Crippen LogP contribution in [0.25, 0.3) is 0 Å². The number of hydrogen-bond acceptors (Lipinski definition) is 3. The summed E-state index contributed by atoms with van der Waals surface area (Å²) in [6, 6.07) is 4.13. The first kappa shape index (κ1) is 12.9. The first-order valence-corrected chi connectivity index (χ1v) is 6.17. The summed E-state index contributed by atoms with van der Waals surface area (Å²) < 4.78 is 0. The Morgan fingerprint density at radius 3 is 3.00 bits per heavy atom. The first-order chi connectivity index (χ1) is 7.72. The number of thiophene rings is 1. The van der Waals surface area contributed by atoms with Crippen LogP contribution in [-0.2, 0) is 11.3 Å². The van der Waals surface area contributed by atoms with Crippen molar-refractivity contribution in [1.82, 2.24) is 4.90 Å². The van der Waals surface area contributed by atoms with Crippen LogP contribution in [0.1, 0.15) is 17.7 Å². The molecule has 0 amide bonds. The summed E-state index contributed by atoms with van der Waals surface area (Å²) >= 11 is 1.72. The summed E-state index contributed by atoms with van der Waals surface area (Å²) in [5.74, 6) is -0.727. The molecule has 0 aliphatic rings.